The fraction of sp³-hybridized carbons (Fsp3) is 0.125. The second-order valence-electron chi connectivity index (χ2n) is 4.98. The molecule has 0 aliphatic carbocycles. The number of hydrogen-bond donors (Lipinski definition) is 0. The first-order valence-corrected chi connectivity index (χ1v) is 8.87. The zero-order chi connectivity index (χ0) is 16.6. The Morgan fingerprint density at radius 2 is 1.70 bits per heavy atom. The Balaban J connectivity index is 2.03. The fourth-order valence-corrected chi connectivity index (χ4v) is 4.06. The maximum Gasteiger partial charge on any atom is 0.254 e. The molecule has 1 heterocycles. The third kappa shape index (κ3) is 3.04. The molecule has 2 aromatic carbocycles. The van der Waals surface area contributed by atoms with Gasteiger partial charge < -0.3 is 0 Å². The van der Waals surface area contributed by atoms with Gasteiger partial charge in [-0.1, -0.05) is 53.5 Å². The number of benzene rings is 2. The molecule has 1 saturated heterocycles. The maximum atomic E-state index is 12.8. The second kappa shape index (κ2) is 6.43. The lowest BCUT2D eigenvalue weighted by atomic mass is 10.1. The van der Waals surface area contributed by atoms with Crippen LogP contribution in [0, 0.1) is 0 Å². The summed E-state index contributed by atoms with van der Waals surface area (Å²) < 4.78 is 12.3. The van der Waals surface area contributed by atoms with Crippen molar-refractivity contribution in [3.05, 3.63) is 64.1 Å². The van der Waals surface area contributed by atoms with Crippen LogP contribution in [0.2, 0.25) is 10.0 Å². The smallest absolute Gasteiger partial charge is 0.254 e. The van der Waals surface area contributed by atoms with Crippen molar-refractivity contribution in [3.63, 3.8) is 0 Å². The van der Waals surface area contributed by atoms with Gasteiger partial charge in [0.05, 0.1) is 15.7 Å². The first kappa shape index (κ1) is 16.2. The molecule has 1 aliphatic rings. The van der Waals surface area contributed by atoms with Gasteiger partial charge in [-0.3, -0.25) is 13.8 Å². The van der Waals surface area contributed by atoms with Crippen LogP contribution in [0.5, 0.6) is 0 Å². The highest BCUT2D eigenvalue weighted by molar-refractivity contribution is 7.87. The summed E-state index contributed by atoms with van der Waals surface area (Å²) in [4.78, 5) is 26.0. The van der Waals surface area contributed by atoms with Gasteiger partial charge in [-0.15, -0.1) is 0 Å². The number of amides is 2. The van der Waals surface area contributed by atoms with Crippen LogP contribution >= 0.6 is 23.2 Å². The molecule has 1 aliphatic heterocycles. The molecule has 1 fully saturated rings. The molecule has 0 N–H and O–H groups in total. The highest BCUT2D eigenvalue weighted by Gasteiger charge is 2.41. The molecule has 4 nitrogen and oxygen atoms in total. The van der Waals surface area contributed by atoms with Gasteiger partial charge >= 0.3 is 0 Å². The van der Waals surface area contributed by atoms with Crippen LogP contribution in [-0.2, 0) is 20.4 Å². The van der Waals surface area contributed by atoms with Crippen LogP contribution in [0.4, 0.5) is 5.69 Å². The third-order valence-electron chi connectivity index (χ3n) is 3.49. The number of anilines is 1. The van der Waals surface area contributed by atoms with E-state index in [1.807, 2.05) is 6.07 Å². The summed E-state index contributed by atoms with van der Waals surface area (Å²) in [7, 11) is -1.59. The van der Waals surface area contributed by atoms with Crippen LogP contribution in [0.25, 0.3) is 0 Å². The Morgan fingerprint density at radius 1 is 1.00 bits per heavy atom. The zero-order valence-corrected chi connectivity index (χ0v) is 14.1. The average Bonchev–Trinajstić information content (AvgIpc) is 2.51. The van der Waals surface area contributed by atoms with E-state index in [1.54, 1.807) is 30.3 Å². The van der Waals surface area contributed by atoms with E-state index < -0.39 is 27.9 Å². The molecule has 0 radical (unpaired) electrons. The Labute approximate surface area is 145 Å². The standard InChI is InChI=1S/C16H11Cl2NO3S/c17-12-7-6-11(8-13(12)18)19-14(20)9-23(22)15(16(19)21)10-4-2-1-3-5-10/h1-8,15H,9H2/t15-,23+/m1/s1. The lowest BCUT2D eigenvalue weighted by Crippen LogP contribution is -2.49. The van der Waals surface area contributed by atoms with Crippen molar-refractivity contribution in [2.45, 2.75) is 5.25 Å². The van der Waals surface area contributed by atoms with Gasteiger partial charge in [-0.05, 0) is 23.8 Å². The van der Waals surface area contributed by atoms with Crippen LogP contribution in [0.15, 0.2) is 48.5 Å². The molecule has 0 bridgehead atoms. The number of carbonyl (C=O) groups is 2. The molecule has 0 unspecified atom stereocenters. The SMILES string of the molecule is O=C1C[S@](=O)[C@H](c2ccccc2)C(=O)N1c1ccc(Cl)c(Cl)c1. The molecule has 0 spiro atoms. The molecular weight excluding hydrogens is 357 g/mol. The Morgan fingerprint density at radius 3 is 2.35 bits per heavy atom. The lowest BCUT2D eigenvalue weighted by Gasteiger charge is -2.30. The number of imide groups is 1. The van der Waals surface area contributed by atoms with Gasteiger partial charge in [-0.2, -0.15) is 0 Å². The predicted octanol–water partition coefficient (Wildman–Crippen LogP) is 3.36. The minimum Gasteiger partial charge on any atom is -0.273 e. The van der Waals surface area contributed by atoms with Crippen LogP contribution in [-0.4, -0.2) is 21.8 Å². The molecule has 2 amide bonds. The van der Waals surface area contributed by atoms with Crippen LogP contribution in [0.1, 0.15) is 10.8 Å². The summed E-state index contributed by atoms with van der Waals surface area (Å²) in [6.45, 7) is 0. The van der Waals surface area contributed by atoms with Crippen molar-refractivity contribution in [3.8, 4) is 0 Å². The molecule has 7 heteroatoms. The molecule has 0 saturated carbocycles. The molecule has 2 aromatic rings. The Hall–Kier alpha value is -1.69. The van der Waals surface area contributed by atoms with Gasteiger partial charge in [0.25, 0.3) is 5.91 Å². The largest absolute Gasteiger partial charge is 0.273 e. The zero-order valence-electron chi connectivity index (χ0n) is 11.7. The van der Waals surface area contributed by atoms with E-state index in [2.05, 4.69) is 0 Å². The Bertz CT molecular complexity index is 810. The monoisotopic (exact) mass is 367 g/mol. The van der Waals surface area contributed by atoms with Crippen LogP contribution in [0.3, 0.4) is 0 Å². The first-order valence-electron chi connectivity index (χ1n) is 6.73. The number of carbonyl (C=O) groups excluding carboxylic acids is 2. The number of halogens is 2. The lowest BCUT2D eigenvalue weighted by molar-refractivity contribution is -0.125. The summed E-state index contributed by atoms with van der Waals surface area (Å²) in [6, 6.07) is 13.3. The van der Waals surface area contributed by atoms with E-state index in [4.69, 9.17) is 23.2 Å². The third-order valence-corrected chi connectivity index (χ3v) is 5.76. The van der Waals surface area contributed by atoms with Gasteiger partial charge in [-0.25, -0.2) is 4.90 Å². The van der Waals surface area contributed by atoms with E-state index in [-0.39, 0.29) is 10.8 Å². The summed E-state index contributed by atoms with van der Waals surface area (Å²) in [5, 5.41) is -0.299. The van der Waals surface area contributed by atoms with E-state index >= 15 is 0 Å². The average molecular weight is 368 g/mol. The van der Waals surface area contributed by atoms with Crippen molar-refractivity contribution in [1.29, 1.82) is 0 Å². The summed E-state index contributed by atoms with van der Waals surface area (Å²) in [6.07, 6.45) is 0. The highest BCUT2D eigenvalue weighted by atomic mass is 35.5. The normalized spacial score (nSPS) is 21.6. The Kier molecular flexibility index (Phi) is 4.53. The van der Waals surface area contributed by atoms with Gasteiger partial charge in [0.1, 0.15) is 11.0 Å². The number of nitrogens with zero attached hydrogens (tertiary/aromatic N) is 1. The molecule has 2 atom stereocenters. The second-order valence-corrected chi connectivity index (χ2v) is 7.32. The van der Waals surface area contributed by atoms with Gasteiger partial charge in [0, 0.05) is 10.8 Å². The molecule has 23 heavy (non-hydrogen) atoms. The minimum atomic E-state index is -1.59. The predicted molar refractivity (Wildman–Crippen MR) is 91.1 cm³/mol. The topological polar surface area (TPSA) is 54.5 Å². The van der Waals surface area contributed by atoms with Crippen molar-refractivity contribution < 1.29 is 13.8 Å². The van der Waals surface area contributed by atoms with E-state index in [0.717, 1.165) is 4.90 Å². The van der Waals surface area contributed by atoms with Crippen molar-refractivity contribution in [2.75, 3.05) is 10.7 Å². The summed E-state index contributed by atoms with van der Waals surface area (Å²) in [5.74, 6) is -1.26. The van der Waals surface area contributed by atoms with Crippen molar-refractivity contribution in [2.24, 2.45) is 0 Å². The van der Waals surface area contributed by atoms with Gasteiger partial charge in [0.15, 0.2) is 0 Å². The van der Waals surface area contributed by atoms with Crippen LogP contribution < -0.4 is 4.90 Å². The fourth-order valence-electron chi connectivity index (χ4n) is 2.44. The van der Waals surface area contributed by atoms with E-state index in [1.165, 1.54) is 12.1 Å². The number of rotatable bonds is 2. The molecular formula is C16H11Cl2NO3S. The highest BCUT2D eigenvalue weighted by Crippen LogP contribution is 2.33. The molecule has 118 valence electrons. The quantitative estimate of drug-likeness (QED) is 0.764. The molecule has 3 rings (SSSR count). The summed E-state index contributed by atoms with van der Waals surface area (Å²) in [5.41, 5.74) is 0.945. The van der Waals surface area contributed by atoms with Crippen molar-refractivity contribution in [1.82, 2.24) is 0 Å². The maximum absolute atomic E-state index is 12.8. The number of hydrogen-bond acceptors (Lipinski definition) is 3. The van der Waals surface area contributed by atoms with E-state index in [0.29, 0.717) is 16.3 Å². The first-order chi connectivity index (χ1) is 11.0. The van der Waals surface area contributed by atoms with E-state index in [9.17, 15) is 13.8 Å². The van der Waals surface area contributed by atoms with Gasteiger partial charge in [0.2, 0.25) is 5.91 Å². The summed E-state index contributed by atoms with van der Waals surface area (Å²) >= 11 is 11.8. The van der Waals surface area contributed by atoms with Crippen molar-refractivity contribution >= 4 is 51.5 Å². The minimum absolute atomic E-state index is 0.217. The molecule has 0 aromatic heterocycles.